The van der Waals surface area contributed by atoms with Crippen LogP contribution in [0.2, 0.25) is 0 Å². The van der Waals surface area contributed by atoms with Gasteiger partial charge in [-0.3, -0.25) is 0 Å². The number of nitriles is 2. The highest BCUT2D eigenvalue weighted by Crippen LogP contribution is 2.38. The number of benzene rings is 4. The minimum absolute atomic E-state index is 0.0490. The van der Waals surface area contributed by atoms with Crippen molar-refractivity contribution in [2.45, 2.75) is 0 Å². The number of halogens is 4. The van der Waals surface area contributed by atoms with E-state index >= 15 is 0 Å². The summed E-state index contributed by atoms with van der Waals surface area (Å²) in [7, 11) is 0. The lowest BCUT2D eigenvalue weighted by atomic mass is 9.91. The van der Waals surface area contributed by atoms with Gasteiger partial charge in [0.05, 0.1) is 11.1 Å². The molecule has 4 aromatic rings. The van der Waals surface area contributed by atoms with Crippen LogP contribution in [0.5, 0.6) is 0 Å². The number of hydrogen-bond donors (Lipinski definition) is 0. The van der Waals surface area contributed by atoms with Crippen LogP contribution in [0.1, 0.15) is 11.1 Å². The fraction of sp³-hybridized carbons (Fsp3) is 0. The molecular weight excluding hydrogens is 344 g/mol. The summed E-state index contributed by atoms with van der Waals surface area (Å²) >= 11 is 0. The summed E-state index contributed by atoms with van der Waals surface area (Å²) in [6.45, 7) is 0. The summed E-state index contributed by atoms with van der Waals surface area (Å²) in [6.07, 6.45) is 0. The van der Waals surface area contributed by atoms with E-state index in [1.54, 1.807) is 0 Å². The number of rotatable bonds is 0. The molecule has 0 heterocycles. The molecule has 0 aromatic heterocycles. The summed E-state index contributed by atoms with van der Waals surface area (Å²) in [6, 6.07) is 10.2. The van der Waals surface area contributed by atoms with Crippen LogP contribution in [0.4, 0.5) is 17.6 Å². The van der Waals surface area contributed by atoms with E-state index in [9.17, 15) is 28.1 Å². The Bertz CT molecular complexity index is 1240. The van der Waals surface area contributed by atoms with Crippen molar-refractivity contribution in [3.05, 3.63) is 70.8 Å². The maximum Gasteiger partial charge on any atom is 0.159 e. The lowest BCUT2D eigenvalue weighted by molar-refractivity contribution is 0.510. The van der Waals surface area contributed by atoms with Crippen molar-refractivity contribution < 1.29 is 17.6 Å². The third-order valence-corrected chi connectivity index (χ3v) is 4.39. The highest BCUT2D eigenvalue weighted by Gasteiger charge is 2.17. The second-order valence-electron chi connectivity index (χ2n) is 5.79. The third kappa shape index (κ3) is 2.09. The molecule has 0 bridgehead atoms. The maximum absolute atomic E-state index is 13.8. The van der Waals surface area contributed by atoms with E-state index < -0.39 is 23.3 Å². The van der Waals surface area contributed by atoms with Gasteiger partial charge in [-0.1, -0.05) is 0 Å². The first-order valence-electron chi connectivity index (χ1n) is 7.42. The molecule has 0 N–H and O–H groups in total. The molecule has 0 atom stereocenters. The first-order valence-corrected chi connectivity index (χ1v) is 7.42. The third-order valence-electron chi connectivity index (χ3n) is 4.39. The molecule has 0 aliphatic heterocycles. The maximum atomic E-state index is 13.8. The largest absolute Gasteiger partial charge is 0.204 e. The van der Waals surface area contributed by atoms with Gasteiger partial charge in [-0.25, -0.2) is 17.6 Å². The molecule has 0 saturated heterocycles. The Morgan fingerprint density at radius 3 is 0.923 bits per heavy atom. The van der Waals surface area contributed by atoms with Gasteiger partial charge in [0.1, 0.15) is 12.1 Å². The topological polar surface area (TPSA) is 47.6 Å². The molecule has 4 aromatic carbocycles. The predicted molar refractivity (Wildman–Crippen MR) is 88.2 cm³/mol. The van der Waals surface area contributed by atoms with E-state index in [0.29, 0.717) is 10.8 Å². The van der Waals surface area contributed by atoms with Crippen molar-refractivity contribution in [1.82, 2.24) is 0 Å². The van der Waals surface area contributed by atoms with Crippen LogP contribution in [-0.4, -0.2) is 0 Å². The van der Waals surface area contributed by atoms with E-state index in [2.05, 4.69) is 0 Å². The summed E-state index contributed by atoms with van der Waals surface area (Å²) in [5, 5.41) is 20.0. The number of hydrogen-bond acceptors (Lipinski definition) is 2. The SMILES string of the molecule is N#Cc1cc2c3cc(F)c(F)cc3c3cc(F)c(F)cc3c2cc1C#N. The first kappa shape index (κ1) is 15.9. The zero-order valence-electron chi connectivity index (χ0n) is 12.9. The summed E-state index contributed by atoms with van der Waals surface area (Å²) in [4.78, 5) is 0. The van der Waals surface area contributed by atoms with E-state index in [4.69, 9.17) is 0 Å². The first-order chi connectivity index (χ1) is 12.4. The summed E-state index contributed by atoms with van der Waals surface area (Å²) in [5.41, 5.74) is 0.0981. The summed E-state index contributed by atoms with van der Waals surface area (Å²) in [5.74, 6) is -4.47. The van der Waals surface area contributed by atoms with Crippen LogP contribution in [0.25, 0.3) is 32.3 Å². The molecule has 0 aliphatic rings. The van der Waals surface area contributed by atoms with Crippen LogP contribution in [0.15, 0.2) is 36.4 Å². The van der Waals surface area contributed by atoms with Crippen LogP contribution in [0, 0.1) is 45.9 Å². The van der Waals surface area contributed by atoms with E-state index in [0.717, 1.165) is 24.3 Å². The molecule has 0 aliphatic carbocycles. The molecule has 0 unspecified atom stereocenters. The lowest BCUT2D eigenvalue weighted by Gasteiger charge is -2.12. The Labute approximate surface area is 144 Å². The average molecular weight is 350 g/mol. The second kappa shape index (κ2) is 5.44. The lowest BCUT2D eigenvalue weighted by Crippen LogP contribution is -1.93. The van der Waals surface area contributed by atoms with Gasteiger partial charge in [0.25, 0.3) is 0 Å². The molecule has 124 valence electrons. The molecule has 6 heteroatoms. The van der Waals surface area contributed by atoms with Gasteiger partial charge in [-0.15, -0.1) is 0 Å². The molecule has 4 rings (SSSR count). The van der Waals surface area contributed by atoms with Gasteiger partial charge >= 0.3 is 0 Å². The number of fused-ring (bicyclic) bond motifs is 6. The predicted octanol–water partition coefficient (Wildman–Crippen LogP) is 5.45. The molecular formula is C20H6F4N2. The monoisotopic (exact) mass is 350 g/mol. The smallest absolute Gasteiger partial charge is 0.159 e. The molecule has 0 amide bonds. The molecule has 0 fully saturated rings. The van der Waals surface area contributed by atoms with Gasteiger partial charge < -0.3 is 0 Å². The van der Waals surface area contributed by atoms with Crippen LogP contribution in [0.3, 0.4) is 0 Å². The van der Waals surface area contributed by atoms with Crippen molar-refractivity contribution in [3.63, 3.8) is 0 Å². The van der Waals surface area contributed by atoms with E-state index in [-0.39, 0.29) is 32.7 Å². The Kier molecular flexibility index (Phi) is 3.32. The average Bonchev–Trinajstić information content (AvgIpc) is 2.63. The van der Waals surface area contributed by atoms with E-state index in [1.807, 2.05) is 12.1 Å². The molecule has 2 nitrogen and oxygen atoms in total. The normalized spacial score (nSPS) is 11.0. The quantitative estimate of drug-likeness (QED) is 0.313. The fourth-order valence-electron chi connectivity index (χ4n) is 3.22. The second-order valence-corrected chi connectivity index (χ2v) is 5.79. The van der Waals surface area contributed by atoms with Crippen LogP contribution < -0.4 is 0 Å². The van der Waals surface area contributed by atoms with Gasteiger partial charge in [0.2, 0.25) is 0 Å². The Morgan fingerprint density at radius 2 is 0.692 bits per heavy atom. The Hall–Kier alpha value is -3.64. The zero-order chi connectivity index (χ0) is 18.6. The van der Waals surface area contributed by atoms with Gasteiger partial charge in [-0.05, 0) is 68.7 Å². The Morgan fingerprint density at radius 1 is 0.462 bits per heavy atom. The molecule has 26 heavy (non-hydrogen) atoms. The standard InChI is InChI=1S/C20H6F4N2/c21-17-3-13-11-1-9(7-25)10(8-26)2-12(11)14-4-18(22)20(24)6-16(14)15(13)5-19(17)23/h1-6H. The van der Waals surface area contributed by atoms with E-state index in [1.165, 1.54) is 12.1 Å². The zero-order valence-corrected chi connectivity index (χ0v) is 12.9. The highest BCUT2D eigenvalue weighted by molar-refractivity contribution is 6.25. The van der Waals surface area contributed by atoms with Crippen LogP contribution >= 0.6 is 0 Å². The molecule has 0 spiro atoms. The highest BCUT2D eigenvalue weighted by atomic mass is 19.2. The van der Waals surface area contributed by atoms with Gasteiger partial charge in [0.15, 0.2) is 23.3 Å². The molecule has 0 saturated carbocycles. The van der Waals surface area contributed by atoms with Crippen molar-refractivity contribution >= 4 is 32.3 Å². The van der Waals surface area contributed by atoms with Crippen molar-refractivity contribution in [2.24, 2.45) is 0 Å². The van der Waals surface area contributed by atoms with Crippen molar-refractivity contribution in [1.29, 1.82) is 10.5 Å². The van der Waals surface area contributed by atoms with Crippen molar-refractivity contribution in [3.8, 4) is 12.1 Å². The van der Waals surface area contributed by atoms with Gasteiger partial charge in [-0.2, -0.15) is 10.5 Å². The minimum atomic E-state index is -1.13. The fourth-order valence-corrected chi connectivity index (χ4v) is 3.22. The van der Waals surface area contributed by atoms with Crippen molar-refractivity contribution in [2.75, 3.05) is 0 Å². The Balaban J connectivity index is 2.40. The summed E-state index contributed by atoms with van der Waals surface area (Å²) < 4.78 is 55.2. The molecule has 0 radical (unpaired) electrons. The van der Waals surface area contributed by atoms with Crippen LogP contribution in [-0.2, 0) is 0 Å². The number of nitrogens with zero attached hydrogens (tertiary/aromatic N) is 2. The minimum Gasteiger partial charge on any atom is -0.204 e. The van der Waals surface area contributed by atoms with Gasteiger partial charge in [0, 0.05) is 0 Å².